The molecule has 4 rings (SSSR count). The Kier molecular flexibility index (Phi) is 6.59. The summed E-state index contributed by atoms with van der Waals surface area (Å²) in [7, 11) is 1.46. The molecule has 166 valence electrons. The maximum atomic E-state index is 12.9. The van der Waals surface area contributed by atoms with Gasteiger partial charge in [0.25, 0.3) is 5.91 Å². The maximum absolute atomic E-state index is 12.9. The Balaban J connectivity index is 1.47. The zero-order valence-corrected chi connectivity index (χ0v) is 17.6. The van der Waals surface area contributed by atoms with E-state index in [0.29, 0.717) is 29.6 Å². The lowest BCUT2D eigenvalue weighted by Crippen LogP contribution is -2.41. The molecule has 0 saturated carbocycles. The molecule has 10 heteroatoms. The summed E-state index contributed by atoms with van der Waals surface area (Å²) in [5, 5.41) is 6.41. The quantitative estimate of drug-likeness (QED) is 0.625. The van der Waals surface area contributed by atoms with Crippen LogP contribution in [0.4, 0.5) is 4.79 Å². The van der Waals surface area contributed by atoms with Gasteiger partial charge in [-0.05, 0) is 37.5 Å². The molecule has 0 radical (unpaired) electrons. The molecule has 0 unspecified atom stereocenters. The predicted octanol–water partition coefficient (Wildman–Crippen LogP) is 2.98. The van der Waals surface area contributed by atoms with Crippen LogP contribution < -0.4 is 14.8 Å². The molecular formula is C22H23N5O5. The van der Waals surface area contributed by atoms with Crippen molar-refractivity contribution in [3.05, 3.63) is 54.6 Å². The molecule has 1 aliphatic heterocycles. The molecule has 1 aliphatic rings. The van der Waals surface area contributed by atoms with Crippen molar-refractivity contribution in [2.75, 3.05) is 20.2 Å². The van der Waals surface area contributed by atoms with Crippen LogP contribution in [0.15, 0.2) is 53.2 Å². The van der Waals surface area contributed by atoms with E-state index in [0.717, 1.165) is 19.3 Å². The van der Waals surface area contributed by atoms with Crippen LogP contribution in [0.25, 0.3) is 11.4 Å². The number of nitrogens with one attached hydrogen (secondary N) is 1. The zero-order valence-electron chi connectivity index (χ0n) is 17.6. The average Bonchev–Trinajstić information content (AvgIpc) is 3.33. The van der Waals surface area contributed by atoms with Crippen LogP contribution in [-0.4, -0.2) is 52.2 Å². The van der Waals surface area contributed by atoms with Crippen molar-refractivity contribution in [3.8, 4) is 23.0 Å². The van der Waals surface area contributed by atoms with Crippen LogP contribution in [-0.2, 0) is 4.79 Å². The normalized spacial score (nSPS) is 15.8. The Hall–Kier alpha value is -3.95. The number of hydrogen-bond donors (Lipinski definition) is 1. The van der Waals surface area contributed by atoms with Crippen molar-refractivity contribution >= 4 is 12.0 Å². The fraction of sp³-hybridized carbons (Fsp3) is 0.318. The number of hydrogen-bond acceptors (Lipinski definition) is 8. The number of carbonyl (C=O) groups excluding carboxylic acids is 2. The number of likely N-dealkylation sites (tertiary alicyclic amines) is 1. The molecular weight excluding hydrogens is 414 g/mol. The smallest absolute Gasteiger partial charge is 0.413 e. The summed E-state index contributed by atoms with van der Waals surface area (Å²) in [5.74, 6) is 1.30. The van der Waals surface area contributed by atoms with E-state index in [4.69, 9.17) is 14.0 Å². The van der Waals surface area contributed by atoms with Crippen molar-refractivity contribution < 1.29 is 23.6 Å². The fourth-order valence-corrected chi connectivity index (χ4v) is 3.47. The van der Waals surface area contributed by atoms with Crippen molar-refractivity contribution in [3.63, 3.8) is 0 Å². The molecule has 2 aromatic heterocycles. The zero-order chi connectivity index (χ0) is 22.3. The van der Waals surface area contributed by atoms with Crippen LogP contribution in [0.3, 0.4) is 0 Å². The van der Waals surface area contributed by atoms with Gasteiger partial charge in [-0.15, -0.1) is 0 Å². The SMILES string of the molecule is CNC(=O)Oc1cc(-c2noc([C@H]3CCCCN3C(=O)COc3ccccc3)n2)ccn1. The lowest BCUT2D eigenvalue weighted by molar-refractivity contribution is -0.138. The molecule has 2 amide bonds. The van der Waals surface area contributed by atoms with Crippen LogP contribution in [0.1, 0.15) is 31.2 Å². The first-order chi connectivity index (χ1) is 15.6. The highest BCUT2D eigenvalue weighted by molar-refractivity contribution is 5.78. The maximum Gasteiger partial charge on any atom is 0.413 e. The van der Waals surface area contributed by atoms with Gasteiger partial charge in [-0.2, -0.15) is 4.98 Å². The molecule has 3 heterocycles. The van der Waals surface area contributed by atoms with Gasteiger partial charge in [0.05, 0.1) is 0 Å². The standard InChI is InChI=1S/C22H23N5O5/c1-23-22(29)31-18-13-15(10-11-24-18)20-25-21(32-26-20)17-9-5-6-12-27(17)19(28)14-30-16-7-3-2-4-8-16/h2-4,7-8,10-11,13,17H,5-6,9,12,14H2,1H3,(H,23,29)/t17-/m1/s1. The largest absolute Gasteiger partial charge is 0.484 e. The number of amides is 2. The summed E-state index contributed by atoms with van der Waals surface area (Å²) in [6.07, 6.45) is 3.43. The second-order valence-electron chi connectivity index (χ2n) is 7.18. The van der Waals surface area contributed by atoms with Gasteiger partial charge >= 0.3 is 6.09 Å². The number of aromatic nitrogens is 3. The molecule has 32 heavy (non-hydrogen) atoms. The molecule has 1 atom stereocenters. The molecule has 1 N–H and O–H groups in total. The van der Waals surface area contributed by atoms with E-state index >= 15 is 0 Å². The van der Waals surface area contributed by atoms with Gasteiger partial charge in [0, 0.05) is 31.4 Å². The van der Waals surface area contributed by atoms with Crippen LogP contribution in [0.2, 0.25) is 0 Å². The molecule has 0 bridgehead atoms. The van der Waals surface area contributed by atoms with E-state index in [1.807, 2.05) is 30.3 Å². The Morgan fingerprint density at radius 1 is 1.22 bits per heavy atom. The monoisotopic (exact) mass is 437 g/mol. The minimum absolute atomic E-state index is 0.0634. The molecule has 1 aromatic carbocycles. The van der Waals surface area contributed by atoms with Crippen LogP contribution >= 0.6 is 0 Å². The van der Waals surface area contributed by atoms with Gasteiger partial charge < -0.3 is 24.2 Å². The second-order valence-corrected chi connectivity index (χ2v) is 7.18. The number of para-hydroxylation sites is 1. The molecule has 0 aliphatic carbocycles. The highest BCUT2D eigenvalue weighted by Gasteiger charge is 2.32. The topological polar surface area (TPSA) is 120 Å². The number of rotatable bonds is 6. The van der Waals surface area contributed by atoms with E-state index in [1.54, 1.807) is 17.0 Å². The van der Waals surface area contributed by atoms with Crippen molar-refractivity contribution in [1.82, 2.24) is 25.3 Å². The Morgan fingerprint density at radius 3 is 2.88 bits per heavy atom. The number of nitrogens with zero attached hydrogens (tertiary/aromatic N) is 4. The number of carbonyl (C=O) groups is 2. The van der Waals surface area contributed by atoms with Gasteiger partial charge in [-0.1, -0.05) is 23.4 Å². The highest BCUT2D eigenvalue weighted by Crippen LogP contribution is 2.31. The van der Waals surface area contributed by atoms with Crippen molar-refractivity contribution in [1.29, 1.82) is 0 Å². The van der Waals surface area contributed by atoms with E-state index < -0.39 is 6.09 Å². The predicted molar refractivity (Wildman–Crippen MR) is 113 cm³/mol. The molecule has 1 fully saturated rings. The van der Waals surface area contributed by atoms with Gasteiger partial charge in [0.1, 0.15) is 11.8 Å². The summed E-state index contributed by atoms with van der Waals surface area (Å²) in [5.41, 5.74) is 0.579. The van der Waals surface area contributed by atoms with Gasteiger partial charge in [-0.3, -0.25) is 4.79 Å². The summed E-state index contributed by atoms with van der Waals surface area (Å²) >= 11 is 0. The molecule has 1 saturated heterocycles. The molecule has 0 spiro atoms. The fourth-order valence-electron chi connectivity index (χ4n) is 3.47. The number of pyridine rings is 1. The lowest BCUT2D eigenvalue weighted by Gasteiger charge is -2.33. The third-order valence-corrected chi connectivity index (χ3v) is 5.05. The minimum atomic E-state index is -0.627. The second kappa shape index (κ2) is 9.90. The Morgan fingerprint density at radius 2 is 2.06 bits per heavy atom. The molecule has 3 aromatic rings. The van der Waals surface area contributed by atoms with E-state index in [2.05, 4.69) is 20.4 Å². The minimum Gasteiger partial charge on any atom is -0.484 e. The van der Waals surface area contributed by atoms with Gasteiger partial charge in [0.2, 0.25) is 17.6 Å². The third-order valence-electron chi connectivity index (χ3n) is 5.05. The van der Waals surface area contributed by atoms with Gasteiger partial charge in [0.15, 0.2) is 6.61 Å². The third kappa shape index (κ3) is 5.02. The number of benzene rings is 1. The van der Waals surface area contributed by atoms with Crippen molar-refractivity contribution in [2.24, 2.45) is 0 Å². The van der Waals surface area contributed by atoms with Crippen LogP contribution in [0, 0.1) is 0 Å². The summed E-state index contributed by atoms with van der Waals surface area (Å²) < 4.78 is 16.2. The first-order valence-electron chi connectivity index (χ1n) is 10.3. The van der Waals surface area contributed by atoms with Crippen molar-refractivity contribution in [2.45, 2.75) is 25.3 Å². The average molecular weight is 437 g/mol. The van der Waals surface area contributed by atoms with E-state index in [9.17, 15) is 9.59 Å². The summed E-state index contributed by atoms with van der Waals surface area (Å²) in [6.45, 7) is 0.533. The van der Waals surface area contributed by atoms with Gasteiger partial charge in [-0.25, -0.2) is 9.78 Å². The highest BCUT2D eigenvalue weighted by atomic mass is 16.6. The Bertz CT molecular complexity index is 1070. The van der Waals surface area contributed by atoms with E-state index in [-0.39, 0.29) is 24.4 Å². The number of ether oxygens (including phenoxy) is 2. The first kappa shape index (κ1) is 21.3. The van der Waals surface area contributed by atoms with E-state index in [1.165, 1.54) is 13.2 Å². The summed E-state index contributed by atoms with van der Waals surface area (Å²) in [4.78, 5) is 34.5. The summed E-state index contributed by atoms with van der Waals surface area (Å²) in [6, 6.07) is 12.1. The Labute approximate surface area is 184 Å². The molecule has 10 nitrogen and oxygen atoms in total. The number of piperidine rings is 1. The van der Waals surface area contributed by atoms with Crippen LogP contribution in [0.5, 0.6) is 11.6 Å². The lowest BCUT2D eigenvalue weighted by atomic mass is 10.0. The first-order valence-corrected chi connectivity index (χ1v) is 10.3.